The Hall–Kier alpha value is -1.99. The molecule has 0 amide bonds. The van der Waals surface area contributed by atoms with E-state index in [9.17, 15) is 17.2 Å². The van der Waals surface area contributed by atoms with Crippen molar-refractivity contribution in [3.05, 3.63) is 48.0 Å². The van der Waals surface area contributed by atoms with Crippen LogP contribution >= 0.6 is 0 Å². The maximum atomic E-state index is 13.8. The molecule has 0 aliphatic heterocycles. The lowest BCUT2D eigenvalue weighted by Crippen LogP contribution is -2.11. The fourth-order valence-electron chi connectivity index (χ4n) is 1.62. The fraction of sp³-hybridized carbons (Fsp3) is 0. The molecule has 0 saturated carbocycles. The van der Waals surface area contributed by atoms with Crippen molar-refractivity contribution in [3.63, 3.8) is 0 Å². The van der Waals surface area contributed by atoms with Crippen molar-refractivity contribution in [3.8, 4) is 11.1 Å². The molecule has 0 unspecified atom stereocenters. The highest BCUT2D eigenvalue weighted by Gasteiger charge is 2.13. The van der Waals surface area contributed by atoms with Gasteiger partial charge in [0.15, 0.2) is 5.82 Å². The summed E-state index contributed by atoms with van der Waals surface area (Å²) in [5.74, 6) is -1.73. The van der Waals surface area contributed by atoms with Gasteiger partial charge in [-0.15, -0.1) is 0 Å². The van der Waals surface area contributed by atoms with Gasteiger partial charge < -0.3 is 5.73 Å². The van der Waals surface area contributed by atoms with E-state index in [-0.39, 0.29) is 10.5 Å². The average molecular weight is 284 g/mol. The average Bonchev–Trinajstić information content (AvgIpc) is 2.35. The van der Waals surface area contributed by atoms with Crippen LogP contribution in [0.4, 0.5) is 14.5 Å². The van der Waals surface area contributed by atoms with Gasteiger partial charge in [-0.2, -0.15) is 0 Å². The Morgan fingerprint density at radius 2 is 1.53 bits per heavy atom. The van der Waals surface area contributed by atoms with Gasteiger partial charge in [-0.25, -0.2) is 22.3 Å². The van der Waals surface area contributed by atoms with Crippen LogP contribution in [0.2, 0.25) is 0 Å². The predicted molar refractivity (Wildman–Crippen MR) is 67.6 cm³/mol. The Morgan fingerprint density at radius 3 is 2.05 bits per heavy atom. The second-order valence-corrected chi connectivity index (χ2v) is 5.45. The molecule has 0 spiro atoms. The highest BCUT2D eigenvalue weighted by molar-refractivity contribution is 7.89. The number of rotatable bonds is 2. The number of halogens is 2. The van der Waals surface area contributed by atoms with E-state index in [1.165, 1.54) is 30.3 Å². The molecule has 4 nitrogen and oxygen atoms in total. The Labute approximate surface area is 108 Å². The fourth-order valence-corrected chi connectivity index (χ4v) is 2.13. The molecule has 0 aliphatic rings. The molecule has 0 bridgehead atoms. The van der Waals surface area contributed by atoms with Gasteiger partial charge in [0.2, 0.25) is 10.0 Å². The summed E-state index contributed by atoms with van der Waals surface area (Å²) in [6.45, 7) is 0. The molecule has 2 aromatic rings. The molecule has 19 heavy (non-hydrogen) atoms. The van der Waals surface area contributed by atoms with Crippen LogP contribution in [0.1, 0.15) is 0 Å². The SMILES string of the molecule is Nc1c(F)ccc(-c2ccc(S(N)(=O)=O)cc2)c1F. The minimum atomic E-state index is -3.81. The van der Waals surface area contributed by atoms with Crippen LogP contribution in [0, 0.1) is 11.6 Å². The normalized spacial score (nSPS) is 11.5. The lowest BCUT2D eigenvalue weighted by Gasteiger charge is -2.07. The molecule has 0 radical (unpaired) electrons. The van der Waals surface area contributed by atoms with Crippen molar-refractivity contribution in [2.24, 2.45) is 5.14 Å². The number of nitrogen functional groups attached to an aromatic ring is 1. The zero-order valence-electron chi connectivity index (χ0n) is 9.60. The summed E-state index contributed by atoms with van der Waals surface area (Å²) in [5.41, 5.74) is 5.13. The number of sulfonamides is 1. The van der Waals surface area contributed by atoms with Crippen LogP contribution in [0.5, 0.6) is 0 Å². The second kappa shape index (κ2) is 4.60. The van der Waals surface area contributed by atoms with Crippen LogP contribution in [-0.4, -0.2) is 8.42 Å². The van der Waals surface area contributed by atoms with Gasteiger partial charge in [0.05, 0.1) is 4.90 Å². The van der Waals surface area contributed by atoms with Gasteiger partial charge in [0.1, 0.15) is 11.5 Å². The van der Waals surface area contributed by atoms with Crippen LogP contribution in [0.15, 0.2) is 41.3 Å². The molecular weight excluding hydrogens is 274 g/mol. The molecule has 0 saturated heterocycles. The van der Waals surface area contributed by atoms with Crippen molar-refractivity contribution in [1.29, 1.82) is 0 Å². The van der Waals surface area contributed by atoms with Gasteiger partial charge in [-0.3, -0.25) is 0 Å². The molecule has 2 rings (SSSR count). The van der Waals surface area contributed by atoms with Gasteiger partial charge in [-0.1, -0.05) is 12.1 Å². The van der Waals surface area contributed by atoms with Crippen molar-refractivity contribution < 1.29 is 17.2 Å². The smallest absolute Gasteiger partial charge is 0.238 e. The third kappa shape index (κ3) is 2.56. The standard InChI is InChI=1S/C12H10F2N2O2S/c13-10-6-5-9(11(14)12(10)15)7-1-3-8(4-2-7)19(16,17)18/h1-6H,15H2,(H2,16,17,18). The zero-order valence-corrected chi connectivity index (χ0v) is 10.4. The highest BCUT2D eigenvalue weighted by Crippen LogP contribution is 2.28. The number of nitrogens with two attached hydrogens (primary N) is 2. The summed E-state index contributed by atoms with van der Waals surface area (Å²) in [6, 6.07) is 7.49. The number of hydrogen-bond donors (Lipinski definition) is 2. The van der Waals surface area contributed by atoms with Crippen molar-refractivity contribution in [2.75, 3.05) is 5.73 Å². The molecule has 0 atom stereocenters. The third-order valence-electron chi connectivity index (χ3n) is 2.62. The van der Waals surface area contributed by atoms with E-state index >= 15 is 0 Å². The summed E-state index contributed by atoms with van der Waals surface area (Å²) >= 11 is 0. The first kappa shape index (κ1) is 13.4. The molecule has 0 fully saturated rings. The van der Waals surface area contributed by atoms with Crippen LogP contribution in [0.25, 0.3) is 11.1 Å². The summed E-state index contributed by atoms with van der Waals surface area (Å²) in [6.07, 6.45) is 0. The minimum absolute atomic E-state index is 0.0832. The Kier molecular flexibility index (Phi) is 3.25. The van der Waals surface area contributed by atoms with Crippen LogP contribution in [0.3, 0.4) is 0 Å². The third-order valence-corrected chi connectivity index (χ3v) is 3.55. The molecule has 0 aromatic heterocycles. The maximum absolute atomic E-state index is 13.8. The molecule has 0 aliphatic carbocycles. The first-order valence-corrected chi connectivity index (χ1v) is 6.72. The zero-order chi connectivity index (χ0) is 14.2. The lowest BCUT2D eigenvalue weighted by atomic mass is 10.0. The quantitative estimate of drug-likeness (QED) is 0.825. The first-order valence-electron chi connectivity index (χ1n) is 5.17. The van der Waals surface area contributed by atoms with E-state index < -0.39 is 27.3 Å². The van der Waals surface area contributed by atoms with Crippen LogP contribution in [-0.2, 0) is 10.0 Å². The van der Waals surface area contributed by atoms with E-state index in [1.54, 1.807) is 0 Å². The van der Waals surface area contributed by atoms with Crippen molar-refractivity contribution >= 4 is 15.7 Å². The molecular formula is C12H10F2N2O2S. The number of anilines is 1. The van der Waals surface area contributed by atoms with Gasteiger partial charge in [0.25, 0.3) is 0 Å². The predicted octanol–water partition coefficient (Wildman–Crippen LogP) is 1.86. The molecule has 4 N–H and O–H groups in total. The molecule has 0 heterocycles. The summed E-state index contributed by atoms with van der Waals surface area (Å²) < 4.78 is 49.0. The lowest BCUT2D eigenvalue weighted by molar-refractivity contribution is 0.594. The second-order valence-electron chi connectivity index (χ2n) is 3.89. The van der Waals surface area contributed by atoms with E-state index in [0.717, 1.165) is 6.07 Å². The largest absolute Gasteiger partial charge is 0.394 e. The van der Waals surface area contributed by atoms with E-state index in [2.05, 4.69) is 0 Å². The maximum Gasteiger partial charge on any atom is 0.238 e. The Morgan fingerprint density at radius 1 is 0.947 bits per heavy atom. The Balaban J connectivity index is 2.52. The minimum Gasteiger partial charge on any atom is -0.394 e. The first-order chi connectivity index (χ1) is 8.80. The Bertz CT molecular complexity index is 728. The van der Waals surface area contributed by atoms with Crippen LogP contribution < -0.4 is 10.9 Å². The van der Waals surface area contributed by atoms with Gasteiger partial charge in [-0.05, 0) is 29.8 Å². The van der Waals surface area contributed by atoms with Crippen molar-refractivity contribution in [2.45, 2.75) is 4.90 Å². The summed E-state index contributed by atoms with van der Waals surface area (Å²) in [4.78, 5) is -0.0910. The topological polar surface area (TPSA) is 86.2 Å². The molecule has 7 heteroatoms. The van der Waals surface area contributed by atoms with Gasteiger partial charge >= 0.3 is 0 Å². The highest BCUT2D eigenvalue weighted by atomic mass is 32.2. The van der Waals surface area contributed by atoms with E-state index in [4.69, 9.17) is 10.9 Å². The van der Waals surface area contributed by atoms with Crippen molar-refractivity contribution in [1.82, 2.24) is 0 Å². The van der Waals surface area contributed by atoms with E-state index in [1.807, 2.05) is 0 Å². The summed E-state index contributed by atoms with van der Waals surface area (Å²) in [5, 5.41) is 4.95. The number of primary sulfonamides is 1. The molecule has 2 aromatic carbocycles. The summed E-state index contributed by atoms with van der Waals surface area (Å²) in [7, 11) is -3.81. The number of hydrogen-bond acceptors (Lipinski definition) is 3. The van der Waals surface area contributed by atoms with Gasteiger partial charge in [0, 0.05) is 5.56 Å². The number of benzene rings is 2. The van der Waals surface area contributed by atoms with E-state index in [0.29, 0.717) is 5.56 Å². The monoisotopic (exact) mass is 284 g/mol. The molecule has 100 valence electrons.